The van der Waals surface area contributed by atoms with Gasteiger partial charge in [-0.05, 0) is 72.4 Å². The fourth-order valence-corrected chi connectivity index (χ4v) is 3.04. The van der Waals surface area contributed by atoms with E-state index >= 15 is 0 Å². The van der Waals surface area contributed by atoms with E-state index in [4.69, 9.17) is 5.11 Å². The Morgan fingerprint density at radius 1 is 0.710 bits per heavy atom. The first kappa shape index (κ1) is 26.1. The van der Waals surface area contributed by atoms with Gasteiger partial charge in [0, 0.05) is 5.41 Å². The minimum atomic E-state index is -0.161. The molecule has 3 N–H and O–H groups in total. The summed E-state index contributed by atoms with van der Waals surface area (Å²) in [7, 11) is 0. The maximum atomic E-state index is 9.77. The molecule has 0 fully saturated rings. The monoisotopic (exact) mass is 422 g/mol. The summed E-state index contributed by atoms with van der Waals surface area (Å²) in [6, 6.07) is 18.6. The third-order valence-electron chi connectivity index (χ3n) is 5.35. The predicted molar refractivity (Wildman–Crippen MR) is 131 cm³/mol. The van der Waals surface area contributed by atoms with Crippen molar-refractivity contribution in [1.29, 1.82) is 0 Å². The first-order chi connectivity index (χ1) is 14.6. The lowest BCUT2D eigenvalue weighted by atomic mass is 9.77. The van der Waals surface area contributed by atoms with Crippen LogP contribution in [0.15, 0.2) is 60.7 Å². The van der Waals surface area contributed by atoms with Crippen molar-refractivity contribution in [3.05, 3.63) is 88.5 Å². The van der Waals surface area contributed by atoms with Crippen molar-refractivity contribution in [2.45, 2.75) is 66.7 Å². The van der Waals surface area contributed by atoms with E-state index < -0.39 is 0 Å². The highest BCUT2D eigenvalue weighted by Crippen LogP contribution is 2.34. The molecule has 168 valence electrons. The van der Waals surface area contributed by atoms with Crippen LogP contribution in [0.3, 0.4) is 0 Å². The normalized spacial score (nSPS) is 10.4. The average Bonchev–Trinajstić information content (AvgIpc) is 2.73. The van der Waals surface area contributed by atoms with Crippen molar-refractivity contribution < 1.29 is 15.3 Å². The second-order valence-corrected chi connectivity index (χ2v) is 8.30. The molecular formula is C28H38O3. The SMILES string of the molecule is CCC.CCc1cc(C(C)(C)c2ccc(O)cc2)ccc1O.Cc1cccc(O)c1C. The number of phenolic OH excluding ortho intramolecular Hbond substituents is 3. The third-order valence-corrected chi connectivity index (χ3v) is 5.35. The molecule has 0 radical (unpaired) electrons. The zero-order chi connectivity index (χ0) is 23.6. The molecule has 3 heteroatoms. The second kappa shape index (κ2) is 12.0. The van der Waals surface area contributed by atoms with Gasteiger partial charge in [0.15, 0.2) is 0 Å². The van der Waals surface area contributed by atoms with Crippen molar-refractivity contribution >= 4 is 0 Å². The van der Waals surface area contributed by atoms with Crippen LogP contribution in [0.4, 0.5) is 0 Å². The summed E-state index contributed by atoms with van der Waals surface area (Å²) < 4.78 is 0. The highest BCUT2D eigenvalue weighted by molar-refractivity contribution is 5.44. The van der Waals surface area contributed by atoms with Gasteiger partial charge in [0.25, 0.3) is 0 Å². The number of benzene rings is 3. The lowest BCUT2D eigenvalue weighted by molar-refractivity contribution is 0.467. The van der Waals surface area contributed by atoms with E-state index in [0.29, 0.717) is 11.5 Å². The number of phenols is 3. The molecule has 0 saturated carbocycles. The topological polar surface area (TPSA) is 60.7 Å². The summed E-state index contributed by atoms with van der Waals surface area (Å²) in [5.41, 5.74) is 5.20. The van der Waals surface area contributed by atoms with Gasteiger partial charge in [-0.25, -0.2) is 0 Å². The highest BCUT2D eigenvalue weighted by atomic mass is 16.3. The number of aromatic hydroxyl groups is 3. The van der Waals surface area contributed by atoms with Crippen LogP contribution in [0.2, 0.25) is 0 Å². The predicted octanol–water partition coefficient (Wildman–Crippen LogP) is 7.41. The van der Waals surface area contributed by atoms with E-state index in [1.165, 1.54) is 6.42 Å². The zero-order valence-corrected chi connectivity index (χ0v) is 20.0. The van der Waals surface area contributed by atoms with E-state index in [2.05, 4.69) is 33.8 Å². The molecule has 3 nitrogen and oxygen atoms in total. The molecule has 0 aliphatic rings. The largest absolute Gasteiger partial charge is 0.508 e. The Balaban J connectivity index is 0.000000333. The smallest absolute Gasteiger partial charge is 0.118 e. The maximum Gasteiger partial charge on any atom is 0.118 e. The van der Waals surface area contributed by atoms with E-state index in [1.54, 1.807) is 24.3 Å². The van der Waals surface area contributed by atoms with E-state index in [9.17, 15) is 10.2 Å². The molecular weight excluding hydrogens is 384 g/mol. The Hall–Kier alpha value is -2.94. The van der Waals surface area contributed by atoms with Crippen LogP contribution in [0.5, 0.6) is 17.2 Å². The number of rotatable bonds is 3. The minimum Gasteiger partial charge on any atom is -0.508 e. The van der Waals surface area contributed by atoms with E-state index in [0.717, 1.165) is 34.2 Å². The molecule has 0 atom stereocenters. The number of hydrogen-bond acceptors (Lipinski definition) is 3. The number of hydrogen-bond donors (Lipinski definition) is 3. The summed E-state index contributed by atoms with van der Waals surface area (Å²) in [6.45, 7) is 14.5. The summed E-state index contributed by atoms with van der Waals surface area (Å²) >= 11 is 0. The van der Waals surface area contributed by atoms with Crippen molar-refractivity contribution in [2.75, 3.05) is 0 Å². The summed E-state index contributed by atoms with van der Waals surface area (Å²) in [6.07, 6.45) is 2.06. The van der Waals surface area contributed by atoms with Crippen molar-refractivity contribution in [3.63, 3.8) is 0 Å². The lowest BCUT2D eigenvalue weighted by Gasteiger charge is -2.27. The fourth-order valence-electron chi connectivity index (χ4n) is 3.04. The Kier molecular flexibility index (Phi) is 10.1. The van der Waals surface area contributed by atoms with Crippen molar-refractivity contribution in [1.82, 2.24) is 0 Å². The van der Waals surface area contributed by atoms with Crippen LogP contribution in [0.1, 0.15) is 68.9 Å². The van der Waals surface area contributed by atoms with E-state index in [1.807, 2.05) is 51.1 Å². The summed E-state index contributed by atoms with van der Waals surface area (Å²) in [4.78, 5) is 0. The van der Waals surface area contributed by atoms with Gasteiger partial charge in [-0.2, -0.15) is 0 Å². The van der Waals surface area contributed by atoms with Gasteiger partial charge >= 0.3 is 0 Å². The molecule has 0 heterocycles. The Labute approximate surface area is 188 Å². The molecule has 0 amide bonds. The average molecular weight is 423 g/mol. The Bertz CT molecular complexity index is 921. The van der Waals surface area contributed by atoms with E-state index in [-0.39, 0.29) is 11.2 Å². The van der Waals surface area contributed by atoms with Crippen LogP contribution >= 0.6 is 0 Å². The van der Waals surface area contributed by atoms with Crippen LogP contribution in [-0.2, 0) is 11.8 Å². The fraction of sp³-hybridized carbons (Fsp3) is 0.357. The van der Waals surface area contributed by atoms with Gasteiger partial charge in [-0.15, -0.1) is 0 Å². The van der Waals surface area contributed by atoms with Gasteiger partial charge < -0.3 is 15.3 Å². The van der Waals surface area contributed by atoms with Gasteiger partial charge in [-0.3, -0.25) is 0 Å². The van der Waals surface area contributed by atoms with Crippen LogP contribution in [-0.4, -0.2) is 15.3 Å². The number of aryl methyl sites for hydroxylation is 2. The molecule has 0 aromatic heterocycles. The molecule has 3 rings (SSSR count). The third kappa shape index (κ3) is 7.36. The molecule has 0 spiro atoms. The minimum absolute atomic E-state index is 0.161. The molecule has 0 unspecified atom stereocenters. The molecule has 3 aromatic carbocycles. The van der Waals surface area contributed by atoms with Crippen LogP contribution in [0.25, 0.3) is 0 Å². The van der Waals surface area contributed by atoms with Crippen molar-refractivity contribution in [3.8, 4) is 17.2 Å². The first-order valence-electron chi connectivity index (χ1n) is 10.9. The lowest BCUT2D eigenvalue weighted by Crippen LogP contribution is -2.18. The molecule has 31 heavy (non-hydrogen) atoms. The van der Waals surface area contributed by atoms with Gasteiger partial charge in [0.2, 0.25) is 0 Å². The molecule has 0 bridgehead atoms. The second-order valence-electron chi connectivity index (χ2n) is 8.30. The maximum absolute atomic E-state index is 9.77. The van der Waals surface area contributed by atoms with Crippen molar-refractivity contribution in [2.24, 2.45) is 0 Å². The van der Waals surface area contributed by atoms with Crippen LogP contribution in [0, 0.1) is 13.8 Å². The molecule has 0 saturated heterocycles. The van der Waals surface area contributed by atoms with Gasteiger partial charge in [-0.1, -0.05) is 77.4 Å². The van der Waals surface area contributed by atoms with Crippen LogP contribution < -0.4 is 0 Å². The first-order valence-corrected chi connectivity index (χ1v) is 10.9. The molecule has 3 aromatic rings. The quantitative estimate of drug-likeness (QED) is 0.412. The van der Waals surface area contributed by atoms with Gasteiger partial charge in [0.05, 0.1) is 0 Å². The standard InChI is InChI=1S/C17H20O2.C8H10O.C3H8/c1-4-12-11-14(7-10-16(12)19)17(2,3)13-5-8-15(18)9-6-13;1-6-4-3-5-8(9)7(6)2;1-3-2/h5-11,18-19H,4H2,1-3H3;3-5,9H,1-2H3;3H2,1-2H3. The summed E-state index contributed by atoms with van der Waals surface area (Å²) in [5.74, 6) is 1.02. The molecule has 0 aliphatic carbocycles. The summed E-state index contributed by atoms with van der Waals surface area (Å²) in [5, 5.41) is 28.3. The van der Waals surface area contributed by atoms with Gasteiger partial charge in [0.1, 0.15) is 17.2 Å². The molecule has 0 aliphatic heterocycles. The highest BCUT2D eigenvalue weighted by Gasteiger charge is 2.23. The zero-order valence-electron chi connectivity index (χ0n) is 20.0. The Morgan fingerprint density at radius 3 is 1.74 bits per heavy atom. The Morgan fingerprint density at radius 2 is 1.26 bits per heavy atom.